The van der Waals surface area contributed by atoms with Crippen molar-refractivity contribution in [3.63, 3.8) is 0 Å². The SMILES string of the molecule is Oc1cc(C(F)(F)F)ccc1C#CCBr. The maximum absolute atomic E-state index is 12.2. The van der Waals surface area contributed by atoms with E-state index in [2.05, 4.69) is 27.8 Å². The summed E-state index contributed by atoms with van der Waals surface area (Å²) in [5, 5.41) is 9.66. The summed E-state index contributed by atoms with van der Waals surface area (Å²) in [5.74, 6) is 4.66. The molecule has 0 saturated heterocycles. The lowest BCUT2D eigenvalue weighted by Crippen LogP contribution is -2.04. The second kappa shape index (κ2) is 4.58. The number of benzene rings is 1. The molecule has 0 radical (unpaired) electrons. The zero-order valence-corrected chi connectivity index (χ0v) is 8.98. The second-order valence-electron chi connectivity index (χ2n) is 2.67. The van der Waals surface area contributed by atoms with E-state index in [1.165, 1.54) is 0 Å². The third kappa shape index (κ3) is 3.17. The first-order valence-electron chi connectivity index (χ1n) is 3.90. The van der Waals surface area contributed by atoms with Crippen LogP contribution in [-0.2, 0) is 6.18 Å². The van der Waals surface area contributed by atoms with Crippen LogP contribution in [0, 0.1) is 11.8 Å². The summed E-state index contributed by atoms with van der Waals surface area (Å²) in [6.45, 7) is 0. The Hall–Kier alpha value is -1.15. The van der Waals surface area contributed by atoms with Crippen LogP contribution in [0.25, 0.3) is 0 Å². The van der Waals surface area contributed by atoms with Crippen molar-refractivity contribution in [1.82, 2.24) is 0 Å². The van der Waals surface area contributed by atoms with E-state index < -0.39 is 17.5 Å². The van der Waals surface area contributed by atoms with Gasteiger partial charge in [0.25, 0.3) is 0 Å². The summed E-state index contributed by atoms with van der Waals surface area (Å²) in [6, 6.07) is 2.70. The van der Waals surface area contributed by atoms with E-state index in [0.717, 1.165) is 12.1 Å². The number of phenolic OH excluding ortho intramolecular Hbond substituents is 1. The highest BCUT2D eigenvalue weighted by Gasteiger charge is 2.30. The molecule has 0 bridgehead atoms. The van der Waals surface area contributed by atoms with Gasteiger partial charge in [-0.2, -0.15) is 13.2 Å². The molecule has 5 heteroatoms. The van der Waals surface area contributed by atoms with Crippen molar-refractivity contribution < 1.29 is 18.3 Å². The van der Waals surface area contributed by atoms with Gasteiger partial charge in [0.15, 0.2) is 0 Å². The Bertz CT molecular complexity index is 415. The molecule has 0 spiro atoms. The lowest BCUT2D eigenvalue weighted by atomic mass is 10.1. The van der Waals surface area contributed by atoms with E-state index in [1.807, 2.05) is 0 Å². The van der Waals surface area contributed by atoms with E-state index in [9.17, 15) is 18.3 Å². The number of hydrogen-bond acceptors (Lipinski definition) is 1. The summed E-state index contributed by atoms with van der Waals surface area (Å²) in [4.78, 5) is 0. The summed E-state index contributed by atoms with van der Waals surface area (Å²) in [7, 11) is 0. The molecular formula is C10H6BrF3O. The van der Waals surface area contributed by atoms with Crippen LogP contribution < -0.4 is 0 Å². The Balaban J connectivity index is 3.09. The Morgan fingerprint density at radius 3 is 2.47 bits per heavy atom. The van der Waals surface area contributed by atoms with Gasteiger partial charge in [-0.15, -0.1) is 0 Å². The van der Waals surface area contributed by atoms with Crippen LogP contribution >= 0.6 is 15.9 Å². The van der Waals surface area contributed by atoms with Gasteiger partial charge in [-0.1, -0.05) is 27.8 Å². The normalized spacial score (nSPS) is 10.7. The smallest absolute Gasteiger partial charge is 0.416 e. The Labute approximate surface area is 93.0 Å². The highest BCUT2D eigenvalue weighted by atomic mass is 79.9. The van der Waals surface area contributed by atoms with Crippen LogP contribution in [0.3, 0.4) is 0 Å². The van der Waals surface area contributed by atoms with Crippen molar-refractivity contribution in [1.29, 1.82) is 0 Å². The standard InChI is InChI=1S/C10H6BrF3O/c11-5-1-2-7-3-4-8(6-9(7)15)10(12,13)14/h3-4,6,15H,5H2. The van der Waals surface area contributed by atoms with Gasteiger partial charge in [0.05, 0.1) is 16.5 Å². The topological polar surface area (TPSA) is 20.2 Å². The monoisotopic (exact) mass is 278 g/mol. The van der Waals surface area contributed by atoms with Gasteiger partial charge in [-0.25, -0.2) is 0 Å². The van der Waals surface area contributed by atoms with Crippen molar-refractivity contribution in [3.8, 4) is 17.6 Å². The number of phenols is 1. The average molecular weight is 279 g/mol. The number of alkyl halides is 4. The van der Waals surface area contributed by atoms with Crippen LogP contribution in [0.1, 0.15) is 11.1 Å². The molecule has 15 heavy (non-hydrogen) atoms. The fourth-order valence-electron chi connectivity index (χ4n) is 0.942. The van der Waals surface area contributed by atoms with Gasteiger partial charge < -0.3 is 5.11 Å². The second-order valence-corrected chi connectivity index (χ2v) is 3.23. The number of halogens is 4. The average Bonchev–Trinajstić information content (AvgIpc) is 2.14. The molecule has 0 aliphatic carbocycles. The molecule has 1 rings (SSSR count). The maximum atomic E-state index is 12.2. The molecule has 80 valence electrons. The predicted molar refractivity (Wildman–Crippen MR) is 53.8 cm³/mol. The van der Waals surface area contributed by atoms with Gasteiger partial charge in [0, 0.05) is 0 Å². The number of hydrogen-bond donors (Lipinski definition) is 1. The predicted octanol–water partition coefficient (Wildman–Crippen LogP) is 3.16. The van der Waals surface area contributed by atoms with Crippen molar-refractivity contribution in [2.75, 3.05) is 5.33 Å². The summed E-state index contributed by atoms with van der Waals surface area (Å²) < 4.78 is 36.6. The van der Waals surface area contributed by atoms with E-state index in [-0.39, 0.29) is 5.56 Å². The van der Waals surface area contributed by atoms with Crippen LogP contribution in [0.2, 0.25) is 0 Å². The van der Waals surface area contributed by atoms with Gasteiger partial charge in [0.1, 0.15) is 5.75 Å². The number of aromatic hydroxyl groups is 1. The zero-order chi connectivity index (χ0) is 11.5. The molecule has 0 aromatic heterocycles. The van der Waals surface area contributed by atoms with Gasteiger partial charge >= 0.3 is 6.18 Å². The minimum atomic E-state index is -4.45. The molecule has 1 aromatic rings. The Kier molecular flexibility index (Phi) is 3.64. The van der Waals surface area contributed by atoms with Crippen LogP contribution in [0.4, 0.5) is 13.2 Å². The first kappa shape index (κ1) is 11.9. The minimum absolute atomic E-state index is 0.183. The fraction of sp³-hybridized carbons (Fsp3) is 0.200. The highest BCUT2D eigenvalue weighted by molar-refractivity contribution is 9.09. The van der Waals surface area contributed by atoms with E-state index in [0.29, 0.717) is 11.4 Å². The molecule has 0 heterocycles. The highest BCUT2D eigenvalue weighted by Crippen LogP contribution is 2.32. The molecular weight excluding hydrogens is 273 g/mol. The molecule has 1 aromatic carbocycles. The summed E-state index contributed by atoms with van der Waals surface area (Å²) >= 11 is 3.04. The first-order valence-corrected chi connectivity index (χ1v) is 5.02. The Morgan fingerprint density at radius 2 is 2.00 bits per heavy atom. The third-order valence-corrected chi connectivity index (χ3v) is 1.90. The summed E-state index contributed by atoms with van der Waals surface area (Å²) in [5.41, 5.74) is -0.702. The molecule has 0 aliphatic rings. The number of rotatable bonds is 0. The summed E-state index contributed by atoms with van der Waals surface area (Å²) in [6.07, 6.45) is -4.45. The van der Waals surface area contributed by atoms with Crippen LogP contribution in [-0.4, -0.2) is 10.4 Å². The van der Waals surface area contributed by atoms with Crippen LogP contribution in [0.15, 0.2) is 18.2 Å². The van der Waals surface area contributed by atoms with Crippen molar-refractivity contribution in [2.45, 2.75) is 6.18 Å². The van der Waals surface area contributed by atoms with Gasteiger partial charge in [-0.3, -0.25) is 0 Å². The molecule has 0 amide bonds. The van der Waals surface area contributed by atoms with Gasteiger partial charge in [0.2, 0.25) is 0 Å². The maximum Gasteiger partial charge on any atom is 0.416 e. The first-order chi connectivity index (χ1) is 6.95. The quantitative estimate of drug-likeness (QED) is 0.571. The third-order valence-electron chi connectivity index (χ3n) is 1.61. The van der Waals surface area contributed by atoms with Gasteiger partial charge in [-0.05, 0) is 18.2 Å². The lowest BCUT2D eigenvalue weighted by molar-refractivity contribution is -0.137. The van der Waals surface area contributed by atoms with E-state index in [4.69, 9.17) is 0 Å². The molecule has 0 saturated carbocycles. The zero-order valence-electron chi connectivity index (χ0n) is 7.40. The van der Waals surface area contributed by atoms with Crippen molar-refractivity contribution in [2.24, 2.45) is 0 Å². The molecule has 0 fully saturated rings. The van der Waals surface area contributed by atoms with Crippen molar-refractivity contribution in [3.05, 3.63) is 29.3 Å². The van der Waals surface area contributed by atoms with E-state index >= 15 is 0 Å². The molecule has 1 N–H and O–H groups in total. The van der Waals surface area contributed by atoms with Crippen molar-refractivity contribution >= 4 is 15.9 Å². The Morgan fingerprint density at radius 1 is 1.33 bits per heavy atom. The molecule has 0 aliphatic heterocycles. The van der Waals surface area contributed by atoms with E-state index in [1.54, 1.807) is 0 Å². The molecule has 0 unspecified atom stereocenters. The lowest BCUT2D eigenvalue weighted by Gasteiger charge is -2.07. The van der Waals surface area contributed by atoms with Crippen LogP contribution in [0.5, 0.6) is 5.75 Å². The minimum Gasteiger partial charge on any atom is -0.507 e. The largest absolute Gasteiger partial charge is 0.507 e. The fourth-order valence-corrected chi connectivity index (χ4v) is 1.08. The molecule has 1 nitrogen and oxygen atoms in total. The molecule has 0 atom stereocenters.